The van der Waals surface area contributed by atoms with Crippen LogP contribution in [0.5, 0.6) is 11.5 Å². The van der Waals surface area contributed by atoms with Crippen molar-refractivity contribution in [3.63, 3.8) is 0 Å². The molecule has 1 saturated heterocycles. The van der Waals surface area contributed by atoms with Crippen molar-refractivity contribution >= 4 is 39.0 Å². The van der Waals surface area contributed by atoms with Gasteiger partial charge in [-0.3, -0.25) is 9.69 Å². The quantitative estimate of drug-likeness (QED) is 0.469. The van der Waals surface area contributed by atoms with Crippen LogP contribution >= 0.6 is 11.6 Å². The van der Waals surface area contributed by atoms with Gasteiger partial charge in [0.2, 0.25) is 0 Å². The molecule has 11 heteroatoms. The zero-order chi connectivity index (χ0) is 24.9. The number of hydrogen-bond donors (Lipinski definition) is 2. The summed E-state index contributed by atoms with van der Waals surface area (Å²) in [6.45, 7) is 5.33. The second-order valence-electron chi connectivity index (χ2n) is 9.35. The summed E-state index contributed by atoms with van der Waals surface area (Å²) in [5, 5.41) is 0.349. The van der Waals surface area contributed by atoms with Gasteiger partial charge in [0, 0.05) is 49.0 Å². The Labute approximate surface area is 209 Å². The first-order valence-electron chi connectivity index (χ1n) is 11.6. The minimum Gasteiger partial charge on any atom is -0.454 e. The number of sulfone groups is 1. The van der Waals surface area contributed by atoms with E-state index in [1.807, 2.05) is 12.1 Å². The third-order valence-electron chi connectivity index (χ3n) is 6.98. The van der Waals surface area contributed by atoms with Crippen molar-refractivity contribution in [2.45, 2.75) is 42.9 Å². The fourth-order valence-corrected chi connectivity index (χ4v) is 6.77. The van der Waals surface area contributed by atoms with Crippen LogP contribution in [0, 0.1) is 6.92 Å². The molecule has 0 unspecified atom stereocenters. The Kier molecular flexibility index (Phi) is 6.14. The van der Waals surface area contributed by atoms with E-state index in [-0.39, 0.29) is 22.0 Å². The minimum absolute atomic E-state index is 0.0592. The normalized spacial score (nSPS) is 19.5. The second kappa shape index (κ2) is 9.00. The van der Waals surface area contributed by atoms with E-state index in [9.17, 15) is 13.2 Å². The fourth-order valence-electron chi connectivity index (χ4n) is 4.93. The van der Waals surface area contributed by atoms with Crippen LogP contribution in [0.3, 0.4) is 0 Å². The molecule has 2 fully saturated rings. The molecule has 1 aliphatic carbocycles. The molecule has 2 aromatic rings. The maximum absolute atomic E-state index is 13.4. The predicted molar refractivity (Wildman–Crippen MR) is 135 cm³/mol. The molecule has 0 bridgehead atoms. The van der Waals surface area contributed by atoms with Gasteiger partial charge < -0.3 is 21.1 Å². The van der Waals surface area contributed by atoms with Crippen LogP contribution < -0.4 is 21.1 Å². The van der Waals surface area contributed by atoms with Gasteiger partial charge in [-0.05, 0) is 49.6 Å². The largest absolute Gasteiger partial charge is 0.454 e. The van der Waals surface area contributed by atoms with E-state index >= 15 is 0 Å². The van der Waals surface area contributed by atoms with Crippen molar-refractivity contribution in [1.29, 1.82) is 0 Å². The lowest BCUT2D eigenvalue weighted by Gasteiger charge is -2.43. The number of piperazine rings is 1. The predicted octanol–water partition coefficient (Wildman–Crippen LogP) is 2.82. The Balaban J connectivity index is 1.47. The zero-order valence-electron chi connectivity index (χ0n) is 19.5. The number of fused-ring (bicyclic) bond motifs is 2. The van der Waals surface area contributed by atoms with Gasteiger partial charge in [0.15, 0.2) is 15.8 Å². The van der Waals surface area contributed by atoms with Crippen LogP contribution in [-0.4, -0.2) is 57.4 Å². The highest BCUT2D eigenvalue weighted by Gasteiger charge is 2.32. The van der Waals surface area contributed by atoms with E-state index in [0.29, 0.717) is 27.9 Å². The lowest BCUT2D eigenvalue weighted by molar-refractivity contribution is 0.100. The highest BCUT2D eigenvalue weighted by atomic mass is 35.5. The van der Waals surface area contributed by atoms with Gasteiger partial charge in [0.1, 0.15) is 16.4 Å². The van der Waals surface area contributed by atoms with Gasteiger partial charge in [0.25, 0.3) is 5.91 Å². The molecule has 2 heterocycles. The van der Waals surface area contributed by atoms with E-state index in [4.69, 9.17) is 27.8 Å². The number of nitrogens with two attached hydrogens (primary N) is 2. The Morgan fingerprint density at radius 1 is 1.09 bits per heavy atom. The van der Waals surface area contributed by atoms with Gasteiger partial charge in [-0.2, -0.15) is 4.99 Å². The van der Waals surface area contributed by atoms with Gasteiger partial charge in [-0.25, -0.2) is 8.42 Å². The van der Waals surface area contributed by atoms with Crippen molar-refractivity contribution in [2.75, 3.05) is 31.1 Å². The summed E-state index contributed by atoms with van der Waals surface area (Å²) < 4.78 is 32.9. The lowest BCUT2D eigenvalue weighted by atomic mass is 9.91. The van der Waals surface area contributed by atoms with Crippen LogP contribution in [0.25, 0.3) is 0 Å². The molecule has 186 valence electrons. The molecule has 35 heavy (non-hydrogen) atoms. The zero-order valence-corrected chi connectivity index (χ0v) is 21.0. The summed E-state index contributed by atoms with van der Waals surface area (Å²) in [5.74, 6) is -0.966. The molecular formula is C24H28ClN5O4S. The molecule has 4 N–H and O–H groups in total. The van der Waals surface area contributed by atoms with E-state index in [1.54, 1.807) is 6.92 Å². The van der Waals surface area contributed by atoms with Gasteiger partial charge in [0.05, 0.1) is 10.8 Å². The molecule has 0 aromatic heterocycles. The molecule has 3 aliphatic rings. The van der Waals surface area contributed by atoms with Crippen molar-refractivity contribution < 1.29 is 17.9 Å². The first-order chi connectivity index (χ1) is 16.6. The van der Waals surface area contributed by atoms with Crippen molar-refractivity contribution in [3.05, 3.63) is 46.0 Å². The number of nitrogens with zero attached hydrogens (tertiary/aromatic N) is 3. The number of carbonyl (C=O) groups excluding carboxylic acids is 1. The third-order valence-corrected chi connectivity index (χ3v) is 8.92. The van der Waals surface area contributed by atoms with Gasteiger partial charge >= 0.3 is 0 Å². The lowest BCUT2D eigenvalue weighted by Crippen LogP contribution is -2.52. The Bertz CT molecular complexity index is 1330. The standard InChI is InChI=1S/C24H28ClN5O4S/c1-14-9-15(23(31)28-24(26)27)11-20-21(14)34-22-16(13-35(20,32)33)10-18(12-19(22)25)30-7-5-29(6-8-30)17-3-2-4-17/h9-12,17H,2-8,13H2,1H3,(H4,26,27,28,31). The summed E-state index contributed by atoms with van der Waals surface area (Å²) in [6.07, 6.45) is 3.86. The molecule has 0 radical (unpaired) electrons. The summed E-state index contributed by atoms with van der Waals surface area (Å²) in [4.78, 5) is 20.6. The molecule has 1 saturated carbocycles. The average molecular weight is 518 g/mol. The Morgan fingerprint density at radius 3 is 2.43 bits per heavy atom. The maximum atomic E-state index is 13.4. The van der Waals surface area contributed by atoms with Crippen molar-refractivity contribution in [3.8, 4) is 11.5 Å². The molecule has 2 aromatic carbocycles. The SMILES string of the molecule is Cc1cc(C(=O)N=C(N)N)cc2c1Oc1c(Cl)cc(N3CCN(C4CCC4)CC3)cc1CS2(=O)=O. The van der Waals surface area contributed by atoms with Crippen molar-refractivity contribution in [1.82, 2.24) is 4.90 Å². The maximum Gasteiger partial charge on any atom is 0.280 e. The number of aryl methyl sites for hydroxylation is 1. The topological polar surface area (TPSA) is 131 Å². The summed E-state index contributed by atoms with van der Waals surface area (Å²) >= 11 is 6.64. The first kappa shape index (κ1) is 23.9. The Morgan fingerprint density at radius 2 is 1.80 bits per heavy atom. The minimum atomic E-state index is -3.85. The molecule has 0 spiro atoms. The van der Waals surface area contributed by atoms with Gasteiger partial charge in [-0.1, -0.05) is 18.0 Å². The molecule has 1 amide bonds. The van der Waals surface area contributed by atoms with Crippen LogP contribution in [0.1, 0.15) is 40.7 Å². The van der Waals surface area contributed by atoms with E-state index in [1.165, 1.54) is 31.4 Å². The number of anilines is 1. The Hall–Kier alpha value is -2.82. The number of rotatable bonds is 3. The van der Waals surface area contributed by atoms with Crippen LogP contribution in [0.4, 0.5) is 5.69 Å². The number of halogens is 1. The monoisotopic (exact) mass is 517 g/mol. The molecular weight excluding hydrogens is 490 g/mol. The molecule has 9 nitrogen and oxygen atoms in total. The van der Waals surface area contributed by atoms with E-state index < -0.39 is 21.7 Å². The number of amides is 1. The highest BCUT2D eigenvalue weighted by Crippen LogP contribution is 2.45. The molecule has 5 rings (SSSR count). The third kappa shape index (κ3) is 4.57. The number of ether oxygens (including phenoxy) is 1. The van der Waals surface area contributed by atoms with E-state index in [0.717, 1.165) is 31.9 Å². The molecule has 0 atom stereocenters. The summed E-state index contributed by atoms with van der Waals surface area (Å²) in [5.41, 5.74) is 12.5. The average Bonchev–Trinajstić information content (AvgIpc) is 2.86. The molecule has 2 aliphatic heterocycles. The van der Waals surface area contributed by atoms with E-state index in [2.05, 4.69) is 14.8 Å². The highest BCUT2D eigenvalue weighted by molar-refractivity contribution is 7.90. The number of aliphatic imine (C=N–C) groups is 1. The van der Waals surface area contributed by atoms with Crippen LogP contribution in [0.2, 0.25) is 5.02 Å². The fraction of sp³-hybridized carbons (Fsp3) is 0.417. The van der Waals surface area contributed by atoms with Crippen LogP contribution in [0.15, 0.2) is 34.2 Å². The number of benzene rings is 2. The summed E-state index contributed by atoms with van der Waals surface area (Å²) in [7, 11) is -3.85. The van der Waals surface area contributed by atoms with Gasteiger partial charge in [-0.15, -0.1) is 0 Å². The first-order valence-corrected chi connectivity index (χ1v) is 13.7. The smallest absolute Gasteiger partial charge is 0.280 e. The number of carbonyl (C=O) groups is 1. The summed E-state index contributed by atoms with van der Waals surface area (Å²) in [6, 6.07) is 7.15. The number of hydrogen-bond acceptors (Lipinski definition) is 6. The van der Waals surface area contributed by atoms with Crippen molar-refractivity contribution in [2.24, 2.45) is 16.5 Å². The van der Waals surface area contributed by atoms with Crippen LogP contribution in [-0.2, 0) is 15.6 Å². The number of guanidine groups is 1. The second-order valence-corrected chi connectivity index (χ2v) is 11.7.